The number of amides is 3. The van der Waals surface area contributed by atoms with Crippen molar-refractivity contribution < 1.29 is 29.4 Å². The van der Waals surface area contributed by atoms with Gasteiger partial charge in [-0.15, -0.1) is 0 Å². The summed E-state index contributed by atoms with van der Waals surface area (Å²) in [6.07, 6.45) is 0.676. The molecule has 10 heteroatoms. The third kappa shape index (κ3) is 10.5. The first-order valence-electron chi connectivity index (χ1n) is 8.94. The molecule has 0 aromatic rings. The second-order valence-corrected chi connectivity index (χ2v) is 7.28. The zero-order valence-corrected chi connectivity index (χ0v) is 16.3. The Balaban J connectivity index is 4.96. The summed E-state index contributed by atoms with van der Waals surface area (Å²) in [5, 5.41) is 25.1. The van der Waals surface area contributed by atoms with Crippen LogP contribution in [0.1, 0.15) is 40.5 Å². The molecule has 0 saturated heterocycles. The van der Waals surface area contributed by atoms with Gasteiger partial charge in [0.2, 0.25) is 17.7 Å². The SMILES string of the molecule is CC(C)C[C@H](NC(=O)[C@H](CO)NC(=O)[C@@H](N)CC(C)C)C(=O)NCC(=O)O. The van der Waals surface area contributed by atoms with Crippen molar-refractivity contribution in [3.8, 4) is 0 Å². The summed E-state index contributed by atoms with van der Waals surface area (Å²) in [4.78, 5) is 47.1. The van der Waals surface area contributed by atoms with Gasteiger partial charge in [-0.2, -0.15) is 0 Å². The summed E-state index contributed by atoms with van der Waals surface area (Å²) < 4.78 is 0. The van der Waals surface area contributed by atoms with Gasteiger partial charge in [-0.05, 0) is 24.7 Å². The van der Waals surface area contributed by atoms with Crippen molar-refractivity contribution in [3.63, 3.8) is 0 Å². The topological polar surface area (TPSA) is 171 Å². The molecule has 0 spiro atoms. The van der Waals surface area contributed by atoms with E-state index < -0.39 is 55.0 Å². The summed E-state index contributed by atoms with van der Waals surface area (Å²) >= 11 is 0. The molecule has 0 heterocycles. The van der Waals surface area contributed by atoms with Crippen molar-refractivity contribution in [2.75, 3.05) is 13.2 Å². The van der Waals surface area contributed by atoms with E-state index >= 15 is 0 Å². The molecule has 0 aliphatic heterocycles. The standard InChI is InChI=1S/C17H32N4O6/c1-9(2)5-11(18)15(25)21-13(8-22)17(27)20-12(6-10(3)4)16(26)19-7-14(23)24/h9-13,22H,5-8,18H2,1-4H3,(H,19,26)(H,20,27)(H,21,25)(H,23,24)/t11-,12-,13-/m0/s1. The molecule has 0 fully saturated rings. The number of rotatable bonds is 12. The molecule has 7 N–H and O–H groups in total. The molecular formula is C17H32N4O6. The fraction of sp³-hybridized carbons (Fsp3) is 0.765. The Morgan fingerprint density at radius 1 is 0.852 bits per heavy atom. The molecule has 3 atom stereocenters. The van der Waals surface area contributed by atoms with Crippen LogP contribution < -0.4 is 21.7 Å². The summed E-state index contributed by atoms with van der Waals surface area (Å²) in [5.41, 5.74) is 5.76. The van der Waals surface area contributed by atoms with Crippen LogP contribution in [0.4, 0.5) is 0 Å². The van der Waals surface area contributed by atoms with Crippen molar-refractivity contribution in [1.82, 2.24) is 16.0 Å². The number of carboxylic acid groups (broad SMARTS) is 1. The Labute approximate surface area is 159 Å². The van der Waals surface area contributed by atoms with Crippen LogP contribution in [0, 0.1) is 11.8 Å². The lowest BCUT2D eigenvalue weighted by molar-refractivity contribution is -0.138. The highest BCUT2D eigenvalue weighted by Gasteiger charge is 2.28. The molecule has 0 aliphatic carbocycles. The summed E-state index contributed by atoms with van der Waals surface area (Å²) in [6, 6.07) is -3.08. The number of carbonyl (C=O) groups is 4. The second kappa shape index (κ2) is 12.2. The maximum absolute atomic E-state index is 12.4. The molecule has 0 unspecified atom stereocenters. The van der Waals surface area contributed by atoms with Gasteiger partial charge in [0.05, 0.1) is 12.6 Å². The van der Waals surface area contributed by atoms with Gasteiger partial charge in [0.15, 0.2) is 0 Å². The van der Waals surface area contributed by atoms with E-state index in [-0.39, 0.29) is 18.3 Å². The van der Waals surface area contributed by atoms with Crippen molar-refractivity contribution in [2.24, 2.45) is 17.6 Å². The van der Waals surface area contributed by atoms with Crippen LogP contribution in [0.25, 0.3) is 0 Å². The lowest BCUT2D eigenvalue weighted by Crippen LogP contribution is -2.57. The van der Waals surface area contributed by atoms with E-state index in [9.17, 15) is 24.3 Å². The van der Waals surface area contributed by atoms with Gasteiger partial charge in [-0.1, -0.05) is 27.7 Å². The molecule has 0 bridgehead atoms. The van der Waals surface area contributed by atoms with Crippen molar-refractivity contribution in [2.45, 2.75) is 58.7 Å². The first kappa shape index (κ1) is 24.8. The third-order valence-electron chi connectivity index (χ3n) is 3.63. The molecule has 0 rings (SSSR count). The number of nitrogens with two attached hydrogens (primary N) is 1. The van der Waals surface area contributed by atoms with Gasteiger partial charge in [-0.25, -0.2) is 0 Å². The Morgan fingerprint density at radius 3 is 1.81 bits per heavy atom. The van der Waals surface area contributed by atoms with Crippen LogP contribution in [-0.4, -0.2) is 65.2 Å². The van der Waals surface area contributed by atoms with Crippen LogP contribution >= 0.6 is 0 Å². The zero-order valence-electron chi connectivity index (χ0n) is 16.3. The van der Waals surface area contributed by atoms with Gasteiger partial charge >= 0.3 is 5.97 Å². The van der Waals surface area contributed by atoms with Gasteiger partial charge < -0.3 is 31.9 Å². The smallest absolute Gasteiger partial charge is 0.322 e. The summed E-state index contributed by atoms with van der Waals surface area (Å²) in [6.45, 7) is 6.22. The van der Waals surface area contributed by atoms with E-state index in [1.54, 1.807) is 0 Å². The van der Waals surface area contributed by atoms with Crippen LogP contribution in [-0.2, 0) is 19.2 Å². The van der Waals surface area contributed by atoms with Crippen LogP contribution in [0.15, 0.2) is 0 Å². The number of carboxylic acids is 1. The van der Waals surface area contributed by atoms with Crippen LogP contribution in [0.5, 0.6) is 0 Å². The maximum atomic E-state index is 12.4. The highest BCUT2D eigenvalue weighted by atomic mass is 16.4. The van der Waals surface area contributed by atoms with E-state index in [0.717, 1.165) is 0 Å². The predicted molar refractivity (Wildman–Crippen MR) is 98.5 cm³/mol. The van der Waals surface area contributed by atoms with Crippen LogP contribution in [0.3, 0.4) is 0 Å². The predicted octanol–water partition coefficient (Wildman–Crippen LogP) is -1.43. The first-order chi connectivity index (χ1) is 12.5. The quantitative estimate of drug-likeness (QED) is 0.238. The van der Waals surface area contributed by atoms with Crippen molar-refractivity contribution in [1.29, 1.82) is 0 Å². The maximum Gasteiger partial charge on any atom is 0.322 e. The van der Waals surface area contributed by atoms with E-state index in [4.69, 9.17) is 10.8 Å². The lowest BCUT2D eigenvalue weighted by Gasteiger charge is -2.24. The van der Waals surface area contributed by atoms with Crippen molar-refractivity contribution >= 4 is 23.7 Å². The Kier molecular flexibility index (Phi) is 11.2. The van der Waals surface area contributed by atoms with Gasteiger partial charge in [0, 0.05) is 0 Å². The molecule has 3 amide bonds. The number of nitrogens with one attached hydrogen (secondary N) is 3. The number of hydrogen-bond donors (Lipinski definition) is 6. The molecule has 0 aromatic carbocycles. The number of carbonyl (C=O) groups excluding carboxylic acids is 3. The zero-order chi connectivity index (χ0) is 21.1. The number of aliphatic carboxylic acids is 1. The molecule has 0 saturated carbocycles. The van der Waals surface area contributed by atoms with Gasteiger partial charge in [-0.3, -0.25) is 19.2 Å². The van der Waals surface area contributed by atoms with Gasteiger partial charge in [0.1, 0.15) is 18.6 Å². The monoisotopic (exact) mass is 388 g/mol. The number of aliphatic hydroxyl groups is 1. The lowest BCUT2D eigenvalue weighted by atomic mass is 10.0. The normalized spacial score (nSPS) is 14.4. The van der Waals surface area contributed by atoms with E-state index in [1.165, 1.54) is 0 Å². The minimum Gasteiger partial charge on any atom is -0.480 e. The number of aliphatic hydroxyl groups excluding tert-OH is 1. The Hall–Kier alpha value is -2.20. The Morgan fingerprint density at radius 2 is 1.37 bits per heavy atom. The summed E-state index contributed by atoms with van der Waals surface area (Å²) in [5.74, 6) is -2.98. The molecule has 10 nitrogen and oxygen atoms in total. The van der Waals surface area contributed by atoms with Crippen molar-refractivity contribution in [3.05, 3.63) is 0 Å². The molecule has 156 valence electrons. The second-order valence-electron chi connectivity index (χ2n) is 7.28. The average Bonchev–Trinajstić information content (AvgIpc) is 2.55. The largest absolute Gasteiger partial charge is 0.480 e. The molecular weight excluding hydrogens is 356 g/mol. The molecule has 0 aliphatic rings. The highest BCUT2D eigenvalue weighted by Crippen LogP contribution is 2.06. The minimum atomic E-state index is -1.27. The van der Waals surface area contributed by atoms with Crippen LogP contribution in [0.2, 0.25) is 0 Å². The molecule has 27 heavy (non-hydrogen) atoms. The highest BCUT2D eigenvalue weighted by molar-refractivity contribution is 5.93. The minimum absolute atomic E-state index is 0.0347. The number of hydrogen-bond acceptors (Lipinski definition) is 6. The average molecular weight is 388 g/mol. The molecule has 0 radical (unpaired) electrons. The fourth-order valence-electron chi connectivity index (χ4n) is 2.35. The van der Waals surface area contributed by atoms with Gasteiger partial charge in [0.25, 0.3) is 0 Å². The third-order valence-corrected chi connectivity index (χ3v) is 3.63. The van der Waals surface area contributed by atoms with E-state index in [0.29, 0.717) is 6.42 Å². The van der Waals surface area contributed by atoms with E-state index in [2.05, 4.69) is 16.0 Å². The molecule has 0 aromatic heterocycles. The Bertz CT molecular complexity index is 524. The first-order valence-corrected chi connectivity index (χ1v) is 8.94. The van der Waals surface area contributed by atoms with E-state index in [1.807, 2.05) is 27.7 Å². The summed E-state index contributed by atoms with van der Waals surface area (Å²) in [7, 11) is 0. The fourth-order valence-corrected chi connectivity index (χ4v) is 2.35.